The van der Waals surface area contributed by atoms with Crippen molar-refractivity contribution in [3.63, 3.8) is 0 Å². The summed E-state index contributed by atoms with van der Waals surface area (Å²) in [5.74, 6) is 3.02. The van der Waals surface area contributed by atoms with E-state index >= 15 is 0 Å². The summed E-state index contributed by atoms with van der Waals surface area (Å²) < 4.78 is 0. The summed E-state index contributed by atoms with van der Waals surface area (Å²) in [5.41, 5.74) is 7.76. The number of imidazole rings is 1. The predicted octanol–water partition coefficient (Wildman–Crippen LogP) is 2.26. The fraction of sp³-hybridized carbons (Fsp3) is 0.600. The Bertz CT molecular complexity index is 589. The third-order valence-corrected chi connectivity index (χ3v) is 4.37. The van der Waals surface area contributed by atoms with E-state index in [0.29, 0.717) is 11.8 Å². The Morgan fingerprint density at radius 3 is 2.80 bits per heavy atom. The quantitative estimate of drug-likeness (QED) is 0.900. The number of hydrogen-bond donors (Lipinski definition) is 2. The molecule has 1 aliphatic carbocycles. The lowest BCUT2D eigenvalue weighted by molar-refractivity contribution is 0.306. The lowest BCUT2D eigenvalue weighted by atomic mass is 9.79. The molecule has 2 aromatic rings. The van der Waals surface area contributed by atoms with Gasteiger partial charge < -0.3 is 15.6 Å². The summed E-state index contributed by atoms with van der Waals surface area (Å²) in [4.78, 5) is 14.8. The van der Waals surface area contributed by atoms with Crippen molar-refractivity contribution >= 4 is 17.0 Å². The first kappa shape index (κ1) is 13.4. The van der Waals surface area contributed by atoms with E-state index in [1.54, 1.807) is 0 Å². The van der Waals surface area contributed by atoms with Gasteiger partial charge in [0.05, 0.1) is 5.52 Å². The van der Waals surface area contributed by atoms with Gasteiger partial charge in [-0.1, -0.05) is 12.8 Å². The van der Waals surface area contributed by atoms with Crippen LogP contribution in [0.4, 0.5) is 5.82 Å². The molecule has 1 saturated carbocycles. The zero-order chi connectivity index (χ0) is 14.1. The van der Waals surface area contributed by atoms with Crippen LogP contribution in [0.5, 0.6) is 0 Å². The summed E-state index contributed by atoms with van der Waals surface area (Å²) >= 11 is 0. The Labute approximate surface area is 119 Å². The zero-order valence-electron chi connectivity index (χ0n) is 12.3. The number of aromatic amines is 1. The average Bonchev–Trinajstić information content (AvgIpc) is 2.89. The fourth-order valence-electron chi connectivity index (χ4n) is 3.18. The van der Waals surface area contributed by atoms with Gasteiger partial charge >= 0.3 is 0 Å². The van der Waals surface area contributed by atoms with E-state index < -0.39 is 0 Å². The highest BCUT2D eigenvalue weighted by Crippen LogP contribution is 2.36. The van der Waals surface area contributed by atoms with Crippen molar-refractivity contribution in [3.05, 3.63) is 18.0 Å². The van der Waals surface area contributed by atoms with Gasteiger partial charge in [0.1, 0.15) is 11.6 Å². The molecule has 3 rings (SSSR count). The molecule has 0 radical (unpaired) electrons. The molecule has 108 valence electrons. The molecule has 5 heteroatoms. The molecule has 5 nitrogen and oxygen atoms in total. The first-order valence-corrected chi connectivity index (χ1v) is 7.43. The average molecular weight is 273 g/mol. The molecule has 0 aromatic carbocycles. The molecule has 0 bridgehead atoms. The van der Waals surface area contributed by atoms with E-state index in [4.69, 9.17) is 10.7 Å². The second kappa shape index (κ2) is 5.40. The summed E-state index contributed by atoms with van der Waals surface area (Å²) in [6, 6.07) is 4.08. The van der Waals surface area contributed by atoms with Crippen molar-refractivity contribution in [1.29, 1.82) is 0 Å². The minimum absolute atomic E-state index is 0.464. The summed E-state index contributed by atoms with van der Waals surface area (Å²) in [6.07, 6.45) is 4.97. The molecule has 0 amide bonds. The van der Waals surface area contributed by atoms with Crippen LogP contribution in [0.25, 0.3) is 11.2 Å². The van der Waals surface area contributed by atoms with E-state index in [9.17, 15) is 0 Å². The molecule has 20 heavy (non-hydrogen) atoms. The van der Waals surface area contributed by atoms with Crippen molar-refractivity contribution in [2.24, 2.45) is 11.7 Å². The number of nitrogens with two attached hydrogens (primary N) is 1. The van der Waals surface area contributed by atoms with Crippen LogP contribution in [-0.2, 0) is 0 Å². The Hall–Kier alpha value is -1.62. The van der Waals surface area contributed by atoms with Gasteiger partial charge in [-0.15, -0.1) is 0 Å². The second-order valence-corrected chi connectivity index (χ2v) is 5.94. The number of nitrogens with zero attached hydrogens (tertiary/aromatic N) is 3. The van der Waals surface area contributed by atoms with Crippen LogP contribution < -0.4 is 10.6 Å². The lowest BCUT2D eigenvalue weighted by Crippen LogP contribution is -2.25. The van der Waals surface area contributed by atoms with Gasteiger partial charge in [-0.05, 0) is 37.4 Å². The van der Waals surface area contributed by atoms with E-state index in [1.807, 2.05) is 25.1 Å². The number of anilines is 1. The number of rotatable bonds is 3. The van der Waals surface area contributed by atoms with Gasteiger partial charge in [-0.3, -0.25) is 0 Å². The molecule has 2 aromatic heterocycles. The van der Waals surface area contributed by atoms with Gasteiger partial charge in [-0.25, -0.2) is 9.97 Å². The van der Waals surface area contributed by atoms with Crippen LogP contribution in [0.15, 0.2) is 12.1 Å². The van der Waals surface area contributed by atoms with Crippen LogP contribution in [0.3, 0.4) is 0 Å². The highest BCUT2D eigenvalue weighted by molar-refractivity contribution is 5.73. The minimum atomic E-state index is 0.464. The molecular weight excluding hydrogens is 250 g/mol. The summed E-state index contributed by atoms with van der Waals surface area (Å²) in [6.45, 7) is 0.748. The van der Waals surface area contributed by atoms with Gasteiger partial charge in [0, 0.05) is 20.0 Å². The van der Waals surface area contributed by atoms with Crippen molar-refractivity contribution in [3.8, 4) is 0 Å². The summed E-state index contributed by atoms with van der Waals surface area (Å²) in [5, 5.41) is 0. The smallest absolute Gasteiger partial charge is 0.179 e. The zero-order valence-corrected chi connectivity index (χ0v) is 12.3. The Morgan fingerprint density at radius 1 is 1.25 bits per heavy atom. The Balaban J connectivity index is 1.95. The van der Waals surface area contributed by atoms with Crippen molar-refractivity contribution < 1.29 is 0 Å². The van der Waals surface area contributed by atoms with Crippen LogP contribution >= 0.6 is 0 Å². The van der Waals surface area contributed by atoms with Crippen LogP contribution in [0.1, 0.15) is 37.4 Å². The highest BCUT2D eigenvalue weighted by atomic mass is 15.1. The molecule has 2 atom stereocenters. The van der Waals surface area contributed by atoms with E-state index in [1.165, 1.54) is 25.7 Å². The minimum Gasteiger partial charge on any atom is -0.363 e. The number of nitrogens with one attached hydrogen (secondary N) is 1. The molecule has 1 fully saturated rings. The van der Waals surface area contributed by atoms with Gasteiger partial charge in [0.25, 0.3) is 0 Å². The van der Waals surface area contributed by atoms with Crippen molar-refractivity contribution in [1.82, 2.24) is 15.0 Å². The second-order valence-electron chi connectivity index (χ2n) is 5.94. The number of pyridine rings is 1. The normalized spacial score (nSPS) is 23.1. The number of fused-ring (bicyclic) bond motifs is 1. The maximum Gasteiger partial charge on any atom is 0.179 e. The molecule has 2 unspecified atom stereocenters. The number of hydrogen-bond acceptors (Lipinski definition) is 4. The van der Waals surface area contributed by atoms with Gasteiger partial charge in [0.2, 0.25) is 0 Å². The monoisotopic (exact) mass is 273 g/mol. The third-order valence-electron chi connectivity index (χ3n) is 4.37. The molecule has 1 aliphatic rings. The summed E-state index contributed by atoms with van der Waals surface area (Å²) in [7, 11) is 3.99. The standard InChI is InChI=1S/C15H23N5/c1-20(2)13-8-7-12-15(18-13)19-14(17-12)11-6-4-3-5-10(11)9-16/h7-8,10-11H,3-6,9,16H2,1-2H3,(H,17,18,19). The number of aromatic nitrogens is 3. The van der Waals surface area contributed by atoms with Crippen LogP contribution in [-0.4, -0.2) is 35.6 Å². The van der Waals surface area contributed by atoms with Gasteiger partial charge in [0.15, 0.2) is 5.65 Å². The molecule has 0 aliphatic heterocycles. The molecular formula is C15H23N5. The first-order chi connectivity index (χ1) is 9.69. The maximum atomic E-state index is 5.93. The van der Waals surface area contributed by atoms with E-state index in [2.05, 4.69) is 16.0 Å². The predicted molar refractivity (Wildman–Crippen MR) is 82.0 cm³/mol. The van der Waals surface area contributed by atoms with E-state index in [-0.39, 0.29) is 0 Å². The van der Waals surface area contributed by atoms with E-state index in [0.717, 1.165) is 29.4 Å². The van der Waals surface area contributed by atoms with Crippen LogP contribution in [0.2, 0.25) is 0 Å². The van der Waals surface area contributed by atoms with Gasteiger partial charge in [-0.2, -0.15) is 0 Å². The fourth-order valence-corrected chi connectivity index (χ4v) is 3.18. The van der Waals surface area contributed by atoms with Crippen LogP contribution in [0, 0.1) is 5.92 Å². The highest BCUT2D eigenvalue weighted by Gasteiger charge is 2.28. The molecule has 3 N–H and O–H groups in total. The largest absolute Gasteiger partial charge is 0.363 e. The third kappa shape index (κ3) is 2.38. The lowest BCUT2D eigenvalue weighted by Gasteiger charge is -2.28. The molecule has 0 spiro atoms. The molecule has 2 heterocycles. The maximum absolute atomic E-state index is 5.93. The van der Waals surface area contributed by atoms with Crippen molar-refractivity contribution in [2.75, 3.05) is 25.5 Å². The first-order valence-electron chi connectivity index (χ1n) is 7.43. The Kier molecular flexibility index (Phi) is 3.61. The molecule has 0 saturated heterocycles. The topological polar surface area (TPSA) is 70.8 Å². The Morgan fingerprint density at radius 2 is 2.05 bits per heavy atom. The van der Waals surface area contributed by atoms with Crippen molar-refractivity contribution in [2.45, 2.75) is 31.6 Å². The SMILES string of the molecule is CN(C)c1ccc2[nH]c(C3CCCCC3CN)nc2n1. The number of H-pyrrole nitrogens is 1.